The maximum atomic E-state index is 10.4. The molecule has 0 saturated heterocycles. The molecule has 0 aliphatic carbocycles. The third-order valence-corrected chi connectivity index (χ3v) is 1.93. The zero-order chi connectivity index (χ0) is 11.4. The summed E-state index contributed by atoms with van der Waals surface area (Å²) >= 11 is 0. The summed E-state index contributed by atoms with van der Waals surface area (Å²) in [6.45, 7) is 1.74. The molecule has 0 spiro atoms. The van der Waals surface area contributed by atoms with Gasteiger partial charge in [0, 0.05) is 11.8 Å². The van der Waals surface area contributed by atoms with Crippen molar-refractivity contribution in [2.24, 2.45) is 5.73 Å². The number of amides is 1. The minimum Gasteiger partial charge on any atom is -0.507 e. The van der Waals surface area contributed by atoms with Gasteiger partial charge < -0.3 is 21.0 Å². The summed E-state index contributed by atoms with van der Waals surface area (Å²) in [4.78, 5) is 10.4. The predicted molar refractivity (Wildman–Crippen MR) is 55.1 cm³/mol. The first kappa shape index (κ1) is 11.0. The summed E-state index contributed by atoms with van der Waals surface area (Å²) in [7, 11) is 0. The molecule has 80 valence electrons. The van der Waals surface area contributed by atoms with E-state index in [2.05, 4.69) is 4.74 Å². The van der Waals surface area contributed by atoms with Crippen LogP contribution in [0.3, 0.4) is 0 Å². The molecule has 0 atom stereocenters. The lowest BCUT2D eigenvalue weighted by Gasteiger charge is -2.07. The molecule has 1 aromatic carbocycles. The zero-order valence-corrected chi connectivity index (χ0v) is 8.28. The molecule has 1 aromatic rings. The van der Waals surface area contributed by atoms with E-state index in [9.17, 15) is 9.90 Å². The highest BCUT2D eigenvalue weighted by Gasteiger charge is 2.06. The third-order valence-electron chi connectivity index (χ3n) is 1.93. The van der Waals surface area contributed by atoms with Crippen LogP contribution in [0.2, 0.25) is 0 Å². The fraction of sp³-hybridized carbons (Fsp3) is 0.200. The molecule has 0 aliphatic rings. The summed E-state index contributed by atoms with van der Waals surface area (Å²) in [6, 6.07) is 3.24. The van der Waals surface area contributed by atoms with Gasteiger partial charge in [0.25, 0.3) is 0 Å². The highest BCUT2D eigenvalue weighted by atomic mass is 16.5. The zero-order valence-electron chi connectivity index (χ0n) is 8.28. The quantitative estimate of drug-likeness (QED) is 0.653. The number of aromatic hydroxyl groups is 1. The maximum Gasteiger partial charge on any atom is 0.404 e. The summed E-state index contributed by atoms with van der Waals surface area (Å²) < 4.78 is 4.60. The predicted octanol–water partition coefficient (Wildman–Crippen LogP) is 1.29. The molecule has 0 aromatic heterocycles. The van der Waals surface area contributed by atoms with Crippen LogP contribution >= 0.6 is 0 Å². The first-order valence-electron chi connectivity index (χ1n) is 4.29. The molecule has 0 heterocycles. The highest BCUT2D eigenvalue weighted by Crippen LogP contribution is 2.22. The normalized spacial score (nSPS) is 9.67. The fourth-order valence-electron chi connectivity index (χ4n) is 1.23. The topological polar surface area (TPSA) is 96.4 Å². The Morgan fingerprint density at radius 2 is 2.33 bits per heavy atom. The molecule has 0 bridgehead atoms. The van der Waals surface area contributed by atoms with Gasteiger partial charge in [-0.15, -0.1) is 0 Å². The standard InChI is InChI=1S/C10H12N2O3/c1-6-2-7(5-15-10(12)14)3-8(4-11)9(6)13/h2-4,11,13H,5H2,1H3,(H2,12,14). The van der Waals surface area contributed by atoms with Crippen molar-refractivity contribution < 1.29 is 14.6 Å². The van der Waals surface area contributed by atoms with Crippen LogP contribution in [0.15, 0.2) is 12.1 Å². The molecular weight excluding hydrogens is 196 g/mol. The number of carbonyl (C=O) groups is 1. The number of rotatable bonds is 3. The van der Waals surface area contributed by atoms with Gasteiger partial charge in [0.05, 0.1) is 0 Å². The fourth-order valence-corrected chi connectivity index (χ4v) is 1.23. The number of hydrogen-bond acceptors (Lipinski definition) is 4. The molecule has 1 amide bonds. The van der Waals surface area contributed by atoms with Crippen molar-refractivity contribution in [3.8, 4) is 5.75 Å². The van der Waals surface area contributed by atoms with E-state index in [1.807, 2.05) is 0 Å². The molecule has 4 N–H and O–H groups in total. The second-order valence-corrected chi connectivity index (χ2v) is 3.10. The van der Waals surface area contributed by atoms with Crippen LogP contribution in [0, 0.1) is 12.3 Å². The minimum atomic E-state index is -0.850. The summed E-state index contributed by atoms with van der Waals surface area (Å²) in [5.74, 6) is 0.0628. The van der Waals surface area contributed by atoms with E-state index < -0.39 is 6.09 Å². The number of ether oxygens (including phenoxy) is 1. The van der Waals surface area contributed by atoms with E-state index in [4.69, 9.17) is 11.1 Å². The SMILES string of the molecule is Cc1cc(COC(N)=O)cc(C=N)c1O. The van der Waals surface area contributed by atoms with Gasteiger partial charge in [0.2, 0.25) is 0 Å². The van der Waals surface area contributed by atoms with Gasteiger partial charge in [-0.25, -0.2) is 4.79 Å². The number of phenols is 1. The summed E-state index contributed by atoms with van der Waals surface area (Å²) in [5, 5.41) is 16.6. The second-order valence-electron chi connectivity index (χ2n) is 3.10. The van der Waals surface area contributed by atoms with Crippen molar-refractivity contribution in [1.29, 1.82) is 5.41 Å². The molecule has 0 aliphatic heterocycles. The van der Waals surface area contributed by atoms with E-state index in [0.29, 0.717) is 16.7 Å². The molecule has 5 nitrogen and oxygen atoms in total. The number of primary amides is 1. The van der Waals surface area contributed by atoms with Gasteiger partial charge in [0.15, 0.2) is 0 Å². The summed E-state index contributed by atoms with van der Waals surface area (Å²) in [6.07, 6.45) is 0.188. The van der Waals surface area contributed by atoms with E-state index in [1.54, 1.807) is 19.1 Å². The van der Waals surface area contributed by atoms with Crippen molar-refractivity contribution in [2.45, 2.75) is 13.5 Å². The maximum absolute atomic E-state index is 10.4. The molecule has 5 heteroatoms. The number of hydrogen-bond donors (Lipinski definition) is 3. The summed E-state index contributed by atoms with van der Waals surface area (Å²) in [5.41, 5.74) is 6.52. The minimum absolute atomic E-state index is 0.0390. The first-order chi connectivity index (χ1) is 7.04. The van der Waals surface area contributed by atoms with Gasteiger partial charge >= 0.3 is 6.09 Å². The number of nitrogens with one attached hydrogen (secondary N) is 1. The van der Waals surface area contributed by atoms with E-state index in [1.165, 1.54) is 0 Å². The smallest absolute Gasteiger partial charge is 0.404 e. The van der Waals surface area contributed by atoms with E-state index in [0.717, 1.165) is 6.21 Å². The number of benzene rings is 1. The molecule has 1 rings (SSSR count). The number of carbonyl (C=O) groups excluding carboxylic acids is 1. The molecule has 0 saturated carbocycles. The van der Waals surface area contributed by atoms with Crippen LogP contribution in [0.4, 0.5) is 4.79 Å². The Balaban J connectivity index is 2.95. The van der Waals surface area contributed by atoms with Gasteiger partial charge in [-0.1, -0.05) is 0 Å². The van der Waals surface area contributed by atoms with Crippen LogP contribution in [0.1, 0.15) is 16.7 Å². The Morgan fingerprint density at radius 1 is 1.67 bits per heavy atom. The third kappa shape index (κ3) is 2.70. The van der Waals surface area contributed by atoms with Crippen LogP contribution < -0.4 is 5.73 Å². The van der Waals surface area contributed by atoms with Gasteiger partial charge in [-0.3, -0.25) is 0 Å². The molecule has 15 heavy (non-hydrogen) atoms. The molecule has 0 radical (unpaired) electrons. The van der Waals surface area contributed by atoms with Crippen molar-refractivity contribution in [2.75, 3.05) is 0 Å². The van der Waals surface area contributed by atoms with Crippen LogP contribution in [0.25, 0.3) is 0 Å². The van der Waals surface area contributed by atoms with Crippen molar-refractivity contribution in [3.05, 3.63) is 28.8 Å². The first-order valence-corrected chi connectivity index (χ1v) is 4.29. The van der Waals surface area contributed by atoms with E-state index in [-0.39, 0.29) is 12.4 Å². The highest BCUT2D eigenvalue weighted by molar-refractivity contribution is 5.82. The van der Waals surface area contributed by atoms with Crippen LogP contribution in [0.5, 0.6) is 5.75 Å². The number of nitrogens with two attached hydrogens (primary N) is 1. The van der Waals surface area contributed by atoms with Crippen LogP contribution in [-0.2, 0) is 11.3 Å². The van der Waals surface area contributed by atoms with Crippen molar-refractivity contribution in [1.82, 2.24) is 0 Å². The van der Waals surface area contributed by atoms with E-state index >= 15 is 0 Å². The number of phenolic OH excluding ortho intramolecular Hbond substituents is 1. The lowest BCUT2D eigenvalue weighted by atomic mass is 10.1. The van der Waals surface area contributed by atoms with Gasteiger partial charge in [-0.05, 0) is 30.2 Å². The number of aryl methyl sites for hydroxylation is 1. The molecule has 0 fully saturated rings. The van der Waals surface area contributed by atoms with Crippen molar-refractivity contribution in [3.63, 3.8) is 0 Å². The monoisotopic (exact) mass is 208 g/mol. The van der Waals surface area contributed by atoms with Crippen LogP contribution in [-0.4, -0.2) is 17.4 Å². The average molecular weight is 208 g/mol. The Kier molecular flexibility index (Phi) is 3.28. The lowest BCUT2D eigenvalue weighted by Crippen LogP contribution is -2.12. The largest absolute Gasteiger partial charge is 0.507 e. The lowest BCUT2D eigenvalue weighted by molar-refractivity contribution is 0.150. The second kappa shape index (κ2) is 4.45. The van der Waals surface area contributed by atoms with Gasteiger partial charge in [-0.2, -0.15) is 0 Å². The van der Waals surface area contributed by atoms with Gasteiger partial charge in [0.1, 0.15) is 12.4 Å². The Labute approximate surface area is 87.0 Å². The Hall–Kier alpha value is -2.04. The molecular formula is C10H12N2O3. The molecule has 0 unspecified atom stereocenters. The van der Waals surface area contributed by atoms with Crippen molar-refractivity contribution >= 4 is 12.3 Å². The average Bonchev–Trinajstić information content (AvgIpc) is 2.19. The Bertz CT molecular complexity index is 402. The Morgan fingerprint density at radius 3 is 2.87 bits per heavy atom.